The fourth-order valence-electron chi connectivity index (χ4n) is 2.36. The first-order valence-corrected chi connectivity index (χ1v) is 8.06. The molecule has 3 aromatic rings. The van der Waals surface area contributed by atoms with Gasteiger partial charge in [0.2, 0.25) is 0 Å². The third kappa shape index (κ3) is 6.43. The number of halogens is 4. The van der Waals surface area contributed by atoms with E-state index in [4.69, 9.17) is 22.1 Å². The summed E-state index contributed by atoms with van der Waals surface area (Å²) in [6, 6.07) is 15.1. The number of benzene rings is 2. The monoisotopic (exact) mass is 447 g/mol. The van der Waals surface area contributed by atoms with Crippen molar-refractivity contribution in [3.05, 3.63) is 65.3 Å². The number of hydrogen-bond donors (Lipinski definition) is 1. The van der Waals surface area contributed by atoms with Crippen LogP contribution in [0.5, 0.6) is 11.5 Å². The summed E-state index contributed by atoms with van der Waals surface area (Å²) in [5.74, 6) is 1.98. The van der Waals surface area contributed by atoms with E-state index in [-0.39, 0.29) is 43.3 Å². The van der Waals surface area contributed by atoms with E-state index in [0.29, 0.717) is 10.9 Å². The van der Waals surface area contributed by atoms with E-state index in [1.807, 2.05) is 62.4 Å². The molecule has 0 aliphatic heterocycles. The second-order valence-corrected chi connectivity index (χ2v) is 6.14. The summed E-state index contributed by atoms with van der Waals surface area (Å²) < 4.78 is 5.98. The number of amidine groups is 1. The van der Waals surface area contributed by atoms with Crippen molar-refractivity contribution >= 4 is 65.6 Å². The van der Waals surface area contributed by atoms with Crippen LogP contribution in [0.3, 0.4) is 0 Å². The molecule has 4 nitrogen and oxygen atoms in total. The summed E-state index contributed by atoms with van der Waals surface area (Å²) in [6.07, 6.45) is 1.70. The summed E-state index contributed by atoms with van der Waals surface area (Å²) in [7, 11) is 0. The van der Waals surface area contributed by atoms with Crippen LogP contribution < -0.4 is 10.5 Å². The van der Waals surface area contributed by atoms with Gasteiger partial charge in [-0.1, -0.05) is 11.6 Å². The van der Waals surface area contributed by atoms with Crippen molar-refractivity contribution in [3.63, 3.8) is 0 Å². The fourth-order valence-corrected chi connectivity index (χ4v) is 2.52. The molecule has 0 fully saturated rings. The maximum Gasteiger partial charge on any atom is 0.138 e. The molecule has 8 heteroatoms. The minimum atomic E-state index is 0. The number of ether oxygens (including phenoxy) is 1. The van der Waals surface area contributed by atoms with Crippen LogP contribution in [0.1, 0.15) is 19.4 Å². The summed E-state index contributed by atoms with van der Waals surface area (Å²) in [4.78, 5) is 8.66. The van der Waals surface area contributed by atoms with Crippen molar-refractivity contribution in [2.45, 2.75) is 19.9 Å². The van der Waals surface area contributed by atoms with Gasteiger partial charge in [-0.25, -0.2) is 0 Å². The third-order valence-electron chi connectivity index (χ3n) is 3.44. The Kier molecular flexibility index (Phi) is 10.5. The van der Waals surface area contributed by atoms with Gasteiger partial charge in [0.25, 0.3) is 0 Å². The Hall–Kier alpha value is -1.72. The Balaban J connectivity index is 0.00000225. The zero-order valence-electron chi connectivity index (χ0n) is 14.8. The zero-order valence-corrected chi connectivity index (χ0v) is 18.0. The van der Waals surface area contributed by atoms with E-state index < -0.39 is 0 Å². The number of pyridine rings is 1. The maximum absolute atomic E-state index is 6.01. The molecule has 2 N–H and O–H groups in total. The maximum atomic E-state index is 6.01. The van der Waals surface area contributed by atoms with Crippen LogP contribution in [-0.2, 0) is 0 Å². The van der Waals surface area contributed by atoms with Crippen molar-refractivity contribution in [2.24, 2.45) is 10.7 Å². The average Bonchev–Trinajstić information content (AvgIpc) is 2.55. The van der Waals surface area contributed by atoms with Gasteiger partial charge >= 0.3 is 0 Å². The Morgan fingerprint density at radius 3 is 2.33 bits per heavy atom. The predicted molar refractivity (Wildman–Crippen MR) is 121 cm³/mol. The molecule has 0 bridgehead atoms. The van der Waals surface area contributed by atoms with E-state index in [1.165, 1.54) is 0 Å². The molecule has 1 heterocycles. The van der Waals surface area contributed by atoms with Crippen LogP contribution in [0.4, 0.5) is 0 Å². The topological polar surface area (TPSA) is 60.5 Å². The van der Waals surface area contributed by atoms with Gasteiger partial charge < -0.3 is 10.5 Å². The first kappa shape index (κ1) is 25.3. The van der Waals surface area contributed by atoms with Crippen LogP contribution >= 0.6 is 48.8 Å². The van der Waals surface area contributed by atoms with Crippen LogP contribution in [0.25, 0.3) is 10.9 Å². The van der Waals surface area contributed by atoms with Gasteiger partial charge in [-0.3, -0.25) is 9.98 Å². The molecular formula is C19H21Cl4N3O. The van der Waals surface area contributed by atoms with Crippen molar-refractivity contribution in [2.75, 3.05) is 0 Å². The lowest BCUT2D eigenvalue weighted by Gasteiger charge is -2.10. The Morgan fingerprint density at radius 1 is 1.04 bits per heavy atom. The molecule has 0 saturated heterocycles. The fraction of sp³-hybridized carbons (Fsp3) is 0.158. The largest absolute Gasteiger partial charge is 0.457 e. The van der Waals surface area contributed by atoms with Gasteiger partial charge in [0.15, 0.2) is 0 Å². The molecule has 0 radical (unpaired) electrons. The van der Waals surface area contributed by atoms with Crippen LogP contribution in [0, 0.1) is 0 Å². The van der Waals surface area contributed by atoms with Crippen LogP contribution in [0.15, 0.2) is 59.7 Å². The Morgan fingerprint density at radius 2 is 1.70 bits per heavy atom. The normalized spacial score (nSPS) is 10.6. The number of nitrogens with two attached hydrogens (primary N) is 1. The summed E-state index contributed by atoms with van der Waals surface area (Å²) in [5, 5.41) is 1.56. The van der Waals surface area contributed by atoms with Gasteiger partial charge in [0.1, 0.15) is 17.3 Å². The first-order chi connectivity index (χ1) is 11.5. The minimum Gasteiger partial charge on any atom is -0.457 e. The van der Waals surface area contributed by atoms with Crippen molar-refractivity contribution in [1.29, 1.82) is 0 Å². The first-order valence-electron chi connectivity index (χ1n) is 7.69. The average molecular weight is 449 g/mol. The van der Waals surface area contributed by atoms with Crippen LogP contribution in [0.2, 0.25) is 5.02 Å². The van der Waals surface area contributed by atoms with Gasteiger partial charge in [0.05, 0.1) is 5.52 Å². The van der Waals surface area contributed by atoms with E-state index in [0.717, 1.165) is 28.0 Å². The Labute approximate surface area is 182 Å². The number of aliphatic imine (C=N–C) groups is 1. The highest BCUT2D eigenvalue weighted by Crippen LogP contribution is 2.30. The molecule has 0 amide bonds. The molecule has 0 atom stereocenters. The minimum absolute atomic E-state index is 0. The molecule has 0 spiro atoms. The number of rotatable bonds is 4. The number of nitrogens with zero attached hydrogens (tertiary/aromatic N) is 2. The lowest BCUT2D eigenvalue weighted by atomic mass is 10.2. The molecule has 0 aliphatic rings. The van der Waals surface area contributed by atoms with Gasteiger partial charge in [-0.05, 0) is 62.4 Å². The number of aromatic nitrogens is 1. The number of hydrogen-bond acceptors (Lipinski definition) is 3. The van der Waals surface area contributed by atoms with E-state index in [2.05, 4.69) is 9.98 Å². The van der Waals surface area contributed by atoms with Crippen molar-refractivity contribution < 1.29 is 4.74 Å². The molecule has 1 aromatic heterocycles. The number of fused-ring (bicyclic) bond motifs is 1. The second-order valence-electron chi connectivity index (χ2n) is 5.71. The quantitative estimate of drug-likeness (QED) is 0.389. The molecule has 146 valence electrons. The summed E-state index contributed by atoms with van der Waals surface area (Å²) in [6.45, 7) is 3.98. The molecule has 0 unspecified atom stereocenters. The SMILES string of the molecule is CC(C)N=C(N)c1ccc(Oc2ccnc3cc(Cl)ccc23)cc1.Cl.Cl.Cl. The second kappa shape index (κ2) is 11.2. The van der Waals surface area contributed by atoms with Gasteiger partial charge in [-0.15, -0.1) is 37.2 Å². The summed E-state index contributed by atoms with van der Waals surface area (Å²) >= 11 is 6.01. The zero-order chi connectivity index (χ0) is 17.1. The molecule has 27 heavy (non-hydrogen) atoms. The molecule has 0 aliphatic carbocycles. The van der Waals surface area contributed by atoms with Gasteiger partial charge in [-0.2, -0.15) is 0 Å². The highest BCUT2D eigenvalue weighted by atomic mass is 35.5. The molecule has 3 rings (SSSR count). The van der Waals surface area contributed by atoms with Crippen molar-refractivity contribution in [3.8, 4) is 11.5 Å². The van der Waals surface area contributed by atoms with Crippen molar-refractivity contribution in [1.82, 2.24) is 4.98 Å². The van der Waals surface area contributed by atoms with Crippen LogP contribution in [-0.4, -0.2) is 16.9 Å². The smallest absolute Gasteiger partial charge is 0.138 e. The predicted octanol–water partition coefficient (Wildman–Crippen LogP) is 6.06. The van der Waals surface area contributed by atoms with Gasteiger partial charge in [0, 0.05) is 28.2 Å². The highest BCUT2D eigenvalue weighted by molar-refractivity contribution is 6.31. The van der Waals surface area contributed by atoms with E-state index >= 15 is 0 Å². The third-order valence-corrected chi connectivity index (χ3v) is 3.68. The lowest BCUT2D eigenvalue weighted by molar-refractivity contribution is 0.488. The summed E-state index contributed by atoms with van der Waals surface area (Å²) in [5.41, 5.74) is 7.65. The molecule has 2 aromatic carbocycles. The molecular weight excluding hydrogens is 428 g/mol. The van der Waals surface area contributed by atoms with E-state index in [9.17, 15) is 0 Å². The molecule has 0 saturated carbocycles. The standard InChI is InChI=1S/C19H18ClN3O.3ClH/c1-12(2)23-19(21)13-3-6-15(7-4-13)24-18-9-10-22-17-11-14(20)5-8-16(17)18;;;/h3-12H,1-2H3,(H2,21,23);3*1H. The lowest BCUT2D eigenvalue weighted by Crippen LogP contribution is -2.15. The Bertz CT molecular complexity index is 899. The highest BCUT2D eigenvalue weighted by Gasteiger charge is 2.06. The van der Waals surface area contributed by atoms with E-state index in [1.54, 1.807) is 6.20 Å².